The average molecular weight is 494 g/mol. The Kier molecular flexibility index (Phi) is 5.57. The molecular formula is C19H16BrN3O4S2. The van der Waals surface area contributed by atoms with Crippen molar-refractivity contribution in [1.82, 2.24) is 9.88 Å². The number of sulfonamides is 1. The number of rotatable bonds is 6. The predicted molar refractivity (Wildman–Crippen MR) is 114 cm³/mol. The molecule has 2 heterocycles. The highest BCUT2D eigenvalue weighted by atomic mass is 79.9. The van der Waals surface area contributed by atoms with Gasteiger partial charge >= 0.3 is 6.09 Å². The number of anilines is 1. The summed E-state index contributed by atoms with van der Waals surface area (Å²) in [6.07, 6.45) is -0.362. The van der Waals surface area contributed by atoms with Crippen molar-refractivity contribution >= 4 is 49.1 Å². The van der Waals surface area contributed by atoms with Gasteiger partial charge in [-0.05, 0) is 29.8 Å². The van der Waals surface area contributed by atoms with Crippen LogP contribution in [-0.4, -0.2) is 37.5 Å². The molecule has 29 heavy (non-hydrogen) atoms. The lowest BCUT2D eigenvalue weighted by atomic mass is 10.2. The molecule has 1 amide bonds. The lowest BCUT2D eigenvalue weighted by Crippen LogP contribution is -2.23. The van der Waals surface area contributed by atoms with Gasteiger partial charge in [-0.25, -0.2) is 9.78 Å². The van der Waals surface area contributed by atoms with Crippen LogP contribution in [0, 0.1) is 0 Å². The highest BCUT2D eigenvalue weighted by molar-refractivity contribution is 9.10. The molecule has 0 atom stereocenters. The van der Waals surface area contributed by atoms with Crippen molar-refractivity contribution in [2.24, 2.45) is 0 Å². The molecule has 3 aromatic rings. The van der Waals surface area contributed by atoms with E-state index in [4.69, 9.17) is 4.74 Å². The maximum atomic E-state index is 12.7. The Hall–Kier alpha value is -2.43. The van der Waals surface area contributed by atoms with Crippen molar-refractivity contribution in [3.05, 3.63) is 63.9 Å². The molecule has 0 bridgehead atoms. The number of benzene rings is 2. The standard InChI is InChI=1S/C19H16BrN3O4S2/c20-15-6-4-14(5-7-15)18-21-17(12-28-18)29(25,26)22-16-3-1-2-13(10-16)11-23-8-9-27-19(23)24/h1-7,10,12,22H,8-9,11H2. The van der Waals surface area contributed by atoms with Crippen molar-refractivity contribution in [3.63, 3.8) is 0 Å². The van der Waals surface area contributed by atoms with Crippen LogP contribution >= 0.6 is 27.3 Å². The van der Waals surface area contributed by atoms with Crippen molar-refractivity contribution in [2.45, 2.75) is 11.6 Å². The van der Waals surface area contributed by atoms with Crippen molar-refractivity contribution in [1.29, 1.82) is 0 Å². The number of carbonyl (C=O) groups excluding carboxylic acids is 1. The summed E-state index contributed by atoms with van der Waals surface area (Å²) < 4.78 is 33.9. The first kappa shape index (κ1) is 19.9. The summed E-state index contributed by atoms with van der Waals surface area (Å²) in [5.74, 6) is 0. The Bertz CT molecular complexity index is 1150. The van der Waals surface area contributed by atoms with Gasteiger partial charge in [0.1, 0.15) is 11.6 Å². The van der Waals surface area contributed by atoms with E-state index in [0.29, 0.717) is 30.4 Å². The number of nitrogens with zero attached hydrogens (tertiary/aromatic N) is 2. The van der Waals surface area contributed by atoms with Crippen molar-refractivity contribution in [2.75, 3.05) is 17.9 Å². The van der Waals surface area contributed by atoms with Crippen LogP contribution in [0.15, 0.2) is 63.4 Å². The van der Waals surface area contributed by atoms with Gasteiger partial charge in [-0.2, -0.15) is 8.42 Å². The minimum atomic E-state index is -3.83. The maximum Gasteiger partial charge on any atom is 0.410 e. The first-order valence-electron chi connectivity index (χ1n) is 8.66. The van der Waals surface area contributed by atoms with Crippen LogP contribution in [0.3, 0.4) is 0 Å². The molecule has 150 valence electrons. The topological polar surface area (TPSA) is 88.6 Å². The molecule has 0 aliphatic carbocycles. The molecule has 2 aromatic carbocycles. The van der Waals surface area contributed by atoms with E-state index in [-0.39, 0.29) is 11.1 Å². The van der Waals surface area contributed by atoms with Crippen LogP contribution in [0.2, 0.25) is 0 Å². The normalized spacial score (nSPS) is 14.1. The Morgan fingerprint density at radius 1 is 1.21 bits per heavy atom. The molecule has 1 aromatic heterocycles. The molecule has 1 aliphatic heterocycles. The number of ether oxygens (including phenoxy) is 1. The number of halogens is 1. The van der Waals surface area contributed by atoms with Crippen LogP contribution in [-0.2, 0) is 21.3 Å². The first-order chi connectivity index (χ1) is 13.9. The largest absolute Gasteiger partial charge is 0.448 e. The molecule has 1 N–H and O–H groups in total. The number of thiazole rings is 1. The monoisotopic (exact) mass is 493 g/mol. The van der Waals surface area contributed by atoms with Crippen LogP contribution in [0.4, 0.5) is 10.5 Å². The zero-order valence-corrected chi connectivity index (χ0v) is 18.3. The van der Waals surface area contributed by atoms with E-state index in [1.165, 1.54) is 16.7 Å². The average Bonchev–Trinajstić information content (AvgIpc) is 3.33. The smallest absolute Gasteiger partial charge is 0.410 e. The third-order valence-corrected chi connectivity index (χ3v) is 7.08. The molecule has 1 saturated heterocycles. The summed E-state index contributed by atoms with van der Waals surface area (Å²) in [7, 11) is -3.83. The molecule has 0 spiro atoms. The van der Waals surface area contributed by atoms with E-state index in [0.717, 1.165) is 15.6 Å². The maximum absolute atomic E-state index is 12.7. The minimum absolute atomic E-state index is 0.0334. The van der Waals surface area contributed by atoms with Gasteiger partial charge < -0.3 is 9.64 Å². The predicted octanol–water partition coefficient (Wildman–Crippen LogP) is 4.33. The number of aromatic nitrogens is 1. The molecule has 0 radical (unpaired) electrons. The zero-order chi connectivity index (χ0) is 20.4. The van der Waals surface area contributed by atoms with Gasteiger partial charge in [0.25, 0.3) is 10.0 Å². The fourth-order valence-corrected chi connectivity index (χ4v) is 5.25. The molecule has 1 fully saturated rings. The van der Waals surface area contributed by atoms with E-state index in [2.05, 4.69) is 25.6 Å². The van der Waals surface area contributed by atoms with Crippen molar-refractivity contribution < 1.29 is 17.9 Å². The van der Waals surface area contributed by atoms with Gasteiger partial charge in [-0.15, -0.1) is 11.3 Å². The number of carbonyl (C=O) groups is 1. The SMILES string of the molecule is O=C1OCCN1Cc1cccc(NS(=O)(=O)c2csc(-c3ccc(Br)cc3)n2)c1. The lowest BCUT2D eigenvalue weighted by molar-refractivity contribution is 0.157. The van der Waals surface area contributed by atoms with E-state index < -0.39 is 10.0 Å². The van der Waals surface area contributed by atoms with Gasteiger partial charge in [0.2, 0.25) is 0 Å². The number of cyclic esters (lactones) is 1. The molecule has 4 rings (SSSR count). The summed E-state index contributed by atoms with van der Waals surface area (Å²) in [6, 6.07) is 14.4. The third kappa shape index (κ3) is 4.60. The summed E-state index contributed by atoms with van der Waals surface area (Å²) in [5, 5.41) is 2.11. The molecule has 7 nitrogen and oxygen atoms in total. The third-order valence-electron chi connectivity index (χ3n) is 4.25. The highest BCUT2D eigenvalue weighted by Gasteiger charge is 2.22. The number of amides is 1. The number of hydrogen-bond donors (Lipinski definition) is 1. The van der Waals surface area contributed by atoms with Crippen LogP contribution < -0.4 is 4.72 Å². The Balaban J connectivity index is 1.51. The zero-order valence-electron chi connectivity index (χ0n) is 15.0. The number of hydrogen-bond acceptors (Lipinski definition) is 6. The van der Waals surface area contributed by atoms with E-state index in [1.807, 2.05) is 30.3 Å². The van der Waals surface area contributed by atoms with Crippen LogP contribution in [0.5, 0.6) is 0 Å². The molecule has 0 unspecified atom stereocenters. The highest BCUT2D eigenvalue weighted by Crippen LogP contribution is 2.28. The summed E-state index contributed by atoms with van der Waals surface area (Å²) in [6.45, 7) is 1.25. The minimum Gasteiger partial charge on any atom is -0.448 e. The first-order valence-corrected chi connectivity index (χ1v) is 11.8. The second-order valence-corrected chi connectivity index (χ2v) is 9.74. The van der Waals surface area contributed by atoms with E-state index >= 15 is 0 Å². The summed E-state index contributed by atoms with van der Waals surface area (Å²) in [5.41, 5.74) is 2.06. The van der Waals surface area contributed by atoms with Gasteiger partial charge in [-0.1, -0.05) is 40.2 Å². The number of nitrogens with one attached hydrogen (secondary N) is 1. The van der Waals surface area contributed by atoms with Crippen LogP contribution in [0.25, 0.3) is 10.6 Å². The van der Waals surface area contributed by atoms with Gasteiger partial charge in [0, 0.05) is 27.6 Å². The summed E-state index contributed by atoms with van der Waals surface area (Å²) >= 11 is 4.64. The second-order valence-electron chi connectivity index (χ2n) is 6.34. The van der Waals surface area contributed by atoms with Gasteiger partial charge in [-0.3, -0.25) is 4.72 Å². The van der Waals surface area contributed by atoms with Crippen LogP contribution in [0.1, 0.15) is 5.56 Å². The van der Waals surface area contributed by atoms with Gasteiger partial charge in [0.15, 0.2) is 5.03 Å². The molecule has 10 heteroatoms. The Morgan fingerprint density at radius 3 is 2.72 bits per heavy atom. The molecular weight excluding hydrogens is 478 g/mol. The lowest BCUT2D eigenvalue weighted by Gasteiger charge is -2.13. The fourth-order valence-electron chi connectivity index (χ4n) is 2.84. The van der Waals surface area contributed by atoms with E-state index in [1.54, 1.807) is 23.1 Å². The molecule has 1 aliphatic rings. The van der Waals surface area contributed by atoms with Crippen molar-refractivity contribution in [3.8, 4) is 10.6 Å². The van der Waals surface area contributed by atoms with E-state index in [9.17, 15) is 13.2 Å². The quantitative estimate of drug-likeness (QED) is 0.551. The molecule has 0 saturated carbocycles. The fraction of sp³-hybridized carbons (Fsp3) is 0.158. The Morgan fingerprint density at radius 2 is 2.00 bits per heavy atom. The second kappa shape index (κ2) is 8.13. The van der Waals surface area contributed by atoms with Gasteiger partial charge in [0.05, 0.1) is 6.54 Å². The summed E-state index contributed by atoms with van der Waals surface area (Å²) in [4.78, 5) is 17.4. The Labute approximate surface area is 180 Å².